The first-order chi connectivity index (χ1) is 25.4. The summed E-state index contributed by atoms with van der Waals surface area (Å²) in [5, 5.41) is 0. The molecule has 2 aromatic heterocycles. The van der Waals surface area contributed by atoms with Crippen LogP contribution in [0.15, 0.2) is 158 Å². The molecule has 0 aliphatic carbocycles. The summed E-state index contributed by atoms with van der Waals surface area (Å²) >= 11 is 0. The van der Waals surface area contributed by atoms with Gasteiger partial charge in [0.05, 0.1) is 16.9 Å². The Morgan fingerprint density at radius 2 is 1.19 bits per heavy atom. The minimum atomic E-state index is -0.291. The summed E-state index contributed by atoms with van der Waals surface area (Å²) in [5.74, 6) is 1.30. The molecule has 0 N–H and O–H groups in total. The Bertz CT molecular complexity index is 2370. The number of hydrogen-bond donors (Lipinski definition) is 0. The van der Waals surface area contributed by atoms with Crippen molar-refractivity contribution in [1.29, 1.82) is 0 Å². The van der Waals surface area contributed by atoms with Gasteiger partial charge in [0.2, 0.25) is 0 Å². The molecule has 0 bridgehead atoms. The van der Waals surface area contributed by atoms with E-state index in [1.54, 1.807) is 30.5 Å². The van der Waals surface area contributed by atoms with E-state index in [0.29, 0.717) is 23.1 Å². The third-order valence-corrected chi connectivity index (χ3v) is 9.20. The first-order valence-corrected chi connectivity index (χ1v) is 17.7. The molecule has 3 nitrogen and oxygen atoms in total. The Balaban J connectivity index is 0.000000289. The molecular formula is C48H40FIrN3-2. The fourth-order valence-electron chi connectivity index (χ4n) is 6.56. The van der Waals surface area contributed by atoms with Gasteiger partial charge in [0.15, 0.2) is 0 Å². The van der Waals surface area contributed by atoms with Crippen molar-refractivity contribution in [2.45, 2.75) is 39.5 Å². The molecule has 265 valence electrons. The number of aromatic nitrogens is 3. The van der Waals surface area contributed by atoms with E-state index in [2.05, 4.69) is 153 Å². The Labute approximate surface area is 325 Å². The van der Waals surface area contributed by atoms with Crippen molar-refractivity contribution in [2.24, 2.45) is 0 Å². The van der Waals surface area contributed by atoms with Gasteiger partial charge in [-0.15, -0.1) is 60.2 Å². The number of nitrogens with zero attached hydrogens (tertiary/aromatic N) is 3. The molecule has 8 rings (SSSR count). The molecule has 0 aliphatic rings. The quantitative estimate of drug-likeness (QED) is 0.149. The van der Waals surface area contributed by atoms with Crippen LogP contribution in [0.25, 0.3) is 61.6 Å². The van der Waals surface area contributed by atoms with Gasteiger partial charge in [0, 0.05) is 37.8 Å². The largest absolute Gasteiger partial charge is 0.333 e. The maximum Gasteiger partial charge on any atom is 0.0774 e. The van der Waals surface area contributed by atoms with Gasteiger partial charge in [0.1, 0.15) is 0 Å². The maximum atomic E-state index is 13.2. The van der Waals surface area contributed by atoms with Crippen molar-refractivity contribution in [3.05, 3.63) is 187 Å². The van der Waals surface area contributed by atoms with E-state index in [4.69, 9.17) is 4.98 Å². The van der Waals surface area contributed by atoms with Crippen molar-refractivity contribution >= 4 is 11.0 Å². The topological polar surface area (TPSA) is 30.7 Å². The van der Waals surface area contributed by atoms with E-state index in [-0.39, 0.29) is 25.9 Å². The zero-order valence-corrected chi connectivity index (χ0v) is 32.6. The molecule has 8 aromatic rings. The van der Waals surface area contributed by atoms with Gasteiger partial charge >= 0.3 is 0 Å². The van der Waals surface area contributed by atoms with E-state index in [1.807, 2.05) is 18.2 Å². The first kappa shape index (κ1) is 37.3. The third-order valence-electron chi connectivity index (χ3n) is 9.20. The van der Waals surface area contributed by atoms with Crippen molar-refractivity contribution in [3.63, 3.8) is 0 Å². The summed E-state index contributed by atoms with van der Waals surface area (Å²) in [6.07, 6.45) is 1.63. The Hall–Kier alpha value is -5.48. The zero-order valence-electron chi connectivity index (χ0n) is 30.2. The Morgan fingerprint density at radius 3 is 1.81 bits per heavy atom. The molecule has 0 atom stereocenters. The summed E-state index contributed by atoms with van der Waals surface area (Å²) in [6, 6.07) is 57.2. The van der Waals surface area contributed by atoms with Crippen LogP contribution >= 0.6 is 0 Å². The van der Waals surface area contributed by atoms with Crippen molar-refractivity contribution in [1.82, 2.24) is 14.5 Å². The second-order valence-corrected chi connectivity index (χ2v) is 13.4. The smallest absolute Gasteiger partial charge is 0.0774 e. The monoisotopic (exact) mass is 870 g/mol. The molecule has 0 aliphatic heterocycles. The number of benzene rings is 6. The molecule has 2 heterocycles. The molecule has 6 aromatic carbocycles. The Kier molecular flexibility index (Phi) is 11.9. The third kappa shape index (κ3) is 8.13. The van der Waals surface area contributed by atoms with Gasteiger partial charge in [-0.3, -0.25) is 9.37 Å². The van der Waals surface area contributed by atoms with E-state index in [9.17, 15) is 4.39 Å². The maximum absolute atomic E-state index is 13.2. The van der Waals surface area contributed by atoms with Gasteiger partial charge in [-0.25, -0.2) is 0 Å². The second kappa shape index (κ2) is 16.9. The number of rotatable bonds is 7. The second-order valence-electron chi connectivity index (χ2n) is 13.4. The average molecular weight is 870 g/mol. The number of fused-ring (bicyclic) bond motifs is 1. The van der Waals surface area contributed by atoms with Crippen LogP contribution in [0.1, 0.15) is 50.7 Å². The van der Waals surface area contributed by atoms with Crippen LogP contribution in [0.4, 0.5) is 4.39 Å². The normalized spacial score (nSPS) is 10.9. The number of imidazole rings is 1. The number of hydrogen-bond acceptors (Lipinski definition) is 2. The minimum Gasteiger partial charge on any atom is -0.333 e. The van der Waals surface area contributed by atoms with Crippen LogP contribution in [-0.4, -0.2) is 14.5 Å². The molecule has 53 heavy (non-hydrogen) atoms. The van der Waals surface area contributed by atoms with E-state index >= 15 is 0 Å². The number of pyridine rings is 1. The van der Waals surface area contributed by atoms with Gasteiger partial charge < -0.3 is 9.55 Å². The molecule has 0 spiro atoms. The zero-order chi connectivity index (χ0) is 36.0. The van der Waals surface area contributed by atoms with E-state index in [0.717, 1.165) is 22.4 Å². The summed E-state index contributed by atoms with van der Waals surface area (Å²) in [6.45, 7) is 9.16. The molecule has 5 heteroatoms. The predicted molar refractivity (Wildman–Crippen MR) is 213 cm³/mol. The fraction of sp³-hybridized carbons (Fsp3) is 0.125. The van der Waals surface area contributed by atoms with E-state index in [1.165, 1.54) is 45.1 Å². The standard InChI is InChI=1S/C37H33N2.C11H7FN.Ir/c1-25(2)32-23-31(29-21-19-28(20-22-29)27-13-7-5-8-14-27)24-33(26(3)4)36(32)39-35-18-12-11-17-34(35)38-37(39)30-15-9-6-10-16-30;12-10-6-2-1-5-9(10)11-7-3-4-8-13-11;/h5-15,17-26H,1-4H3;1-4,6-8H;/q2*-1;. The minimum absolute atomic E-state index is 0. The van der Waals surface area contributed by atoms with Gasteiger partial charge in [-0.2, -0.15) is 0 Å². The van der Waals surface area contributed by atoms with Gasteiger partial charge in [0.25, 0.3) is 0 Å². The van der Waals surface area contributed by atoms with Gasteiger partial charge in [-0.05, 0) is 81.2 Å². The predicted octanol–water partition coefficient (Wildman–Crippen LogP) is 12.8. The van der Waals surface area contributed by atoms with Crippen LogP contribution in [0.2, 0.25) is 0 Å². The van der Waals surface area contributed by atoms with Crippen LogP contribution in [0.3, 0.4) is 0 Å². The first-order valence-electron chi connectivity index (χ1n) is 17.7. The van der Waals surface area contributed by atoms with Gasteiger partial charge in [-0.1, -0.05) is 112 Å². The molecule has 0 saturated carbocycles. The SMILES string of the molecule is CC(C)c1cc(-c2ccc(-c3ccccc3)cc2)cc(C(C)C)c1-n1c(-c2[c-]cccc2)nc2ccccc21.Fc1ccc[c-]c1-c1ccccn1.[Ir]. The summed E-state index contributed by atoms with van der Waals surface area (Å²) in [4.78, 5) is 9.15. The molecule has 0 saturated heterocycles. The van der Waals surface area contributed by atoms with Crippen LogP contribution in [0.5, 0.6) is 0 Å². The van der Waals surface area contributed by atoms with Crippen LogP contribution in [-0.2, 0) is 20.1 Å². The molecule has 0 fully saturated rings. The Morgan fingerprint density at radius 1 is 0.585 bits per heavy atom. The van der Waals surface area contributed by atoms with Crippen LogP contribution in [0, 0.1) is 17.9 Å². The van der Waals surface area contributed by atoms with E-state index < -0.39 is 0 Å². The summed E-state index contributed by atoms with van der Waals surface area (Å²) in [7, 11) is 0. The molecule has 0 unspecified atom stereocenters. The number of para-hydroxylation sites is 2. The van der Waals surface area contributed by atoms with Crippen molar-refractivity contribution in [3.8, 4) is 50.6 Å². The molecular weight excluding hydrogens is 830 g/mol. The molecule has 1 radical (unpaired) electrons. The fourth-order valence-corrected chi connectivity index (χ4v) is 6.56. The van der Waals surface area contributed by atoms with Crippen molar-refractivity contribution < 1.29 is 24.5 Å². The molecule has 0 amide bonds. The summed E-state index contributed by atoms with van der Waals surface area (Å²) in [5.41, 5.74) is 13.0. The number of halogens is 1. The van der Waals surface area contributed by atoms with Crippen molar-refractivity contribution in [2.75, 3.05) is 0 Å². The summed E-state index contributed by atoms with van der Waals surface area (Å²) < 4.78 is 15.6. The average Bonchev–Trinajstić information content (AvgIpc) is 3.58. The van der Waals surface area contributed by atoms with Crippen LogP contribution < -0.4 is 0 Å².